The number of aryl methyl sites for hydroxylation is 1. The smallest absolute Gasteiger partial charge is 0.191 e. The molecule has 0 aliphatic carbocycles. The van der Waals surface area contributed by atoms with Gasteiger partial charge in [-0.3, -0.25) is 4.99 Å². The lowest BCUT2D eigenvalue weighted by atomic mass is 10.1. The molecular weight excluding hydrogens is 324 g/mol. The second-order valence-corrected chi connectivity index (χ2v) is 6.64. The largest absolute Gasteiger partial charge is 0.496 e. The highest BCUT2D eigenvalue weighted by Gasteiger charge is 2.23. The van der Waals surface area contributed by atoms with Gasteiger partial charge in [-0.2, -0.15) is 0 Å². The molecule has 2 aromatic carbocycles. The summed E-state index contributed by atoms with van der Waals surface area (Å²) in [4.78, 5) is 6.78. The fraction of sp³-hybridized carbons (Fsp3) is 0.381. The van der Waals surface area contributed by atoms with Crippen LogP contribution in [0.1, 0.15) is 17.5 Å². The van der Waals surface area contributed by atoms with Gasteiger partial charge >= 0.3 is 0 Å². The van der Waals surface area contributed by atoms with Crippen LogP contribution in [0.2, 0.25) is 0 Å². The summed E-state index contributed by atoms with van der Waals surface area (Å²) >= 11 is 0. The number of guanidine groups is 1. The summed E-state index contributed by atoms with van der Waals surface area (Å²) in [6, 6.07) is 17.2. The SMILES string of the molecule is CN=C(NCc1ccc(C)c(OC)c1)NC1CCN(c2ccccc2)C1. The maximum Gasteiger partial charge on any atom is 0.191 e. The van der Waals surface area contributed by atoms with Gasteiger partial charge in [-0.15, -0.1) is 0 Å². The first-order valence-electron chi connectivity index (χ1n) is 9.10. The van der Waals surface area contributed by atoms with Crippen LogP contribution in [0.25, 0.3) is 0 Å². The topological polar surface area (TPSA) is 48.9 Å². The number of hydrogen-bond acceptors (Lipinski definition) is 3. The lowest BCUT2D eigenvalue weighted by Crippen LogP contribution is -2.44. The van der Waals surface area contributed by atoms with Gasteiger partial charge in [0.2, 0.25) is 0 Å². The predicted molar refractivity (Wildman–Crippen MR) is 108 cm³/mol. The van der Waals surface area contributed by atoms with E-state index in [1.54, 1.807) is 7.11 Å². The molecular formula is C21H28N4O. The highest BCUT2D eigenvalue weighted by atomic mass is 16.5. The summed E-state index contributed by atoms with van der Waals surface area (Å²) in [6.07, 6.45) is 1.11. The van der Waals surface area contributed by atoms with Crippen molar-refractivity contribution in [3.05, 3.63) is 59.7 Å². The molecule has 3 rings (SSSR count). The van der Waals surface area contributed by atoms with Crippen LogP contribution in [0.15, 0.2) is 53.5 Å². The van der Waals surface area contributed by atoms with E-state index in [0.717, 1.165) is 36.8 Å². The highest BCUT2D eigenvalue weighted by molar-refractivity contribution is 5.80. The van der Waals surface area contributed by atoms with E-state index in [0.29, 0.717) is 12.6 Å². The summed E-state index contributed by atoms with van der Waals surface area (Å²) in [5, 5.41) is 6.94. The minimum atomic E-state index is 0.397. The summed E-state index contributed by atoms with van der Waals surface area (Å²) in [6.45, 7) is 4.82. The average Bonchev–Trinajstić information content (AvgIpc) is 3.15. The van der Waals surface area contributed by atoms with Crippen molar-refractivity contribution < 1.29 is 4.74 Å². The van der Waals surface area contributed by atoms with Crippen molar-refractivity contribution in [1.82, 2.24) is 10.6 Å². The lowest BCUT2D eigenvalue weighted by molar-refractivity contribution is 0.411. The van der Waals surface area contributed by atoms with E-state index in [2.05, 4.69) is 76.0 Å². The van der Waals surface area contributed by atoms with Gasteiger partial charge in [0.15, 0.2) is 5.96 Å². The molecule has 1 saturated heterocycles. The predicted octanol–water partition coefficient (Wildman–Crippen LogP) is 2.95. The molecule has 0 spiro atoms. The Hall–Kier alpha value is -2.69. The second kappa shape index (κ2) is 8.61. The zero-order valence-electron chi connectivity index (χ0n) is 15.8. The zero-order valence-corrected chi connectivity index (χ0v) is 15.8. The molecule has 0 radical (unpaired) electrons. The maximum atomic E-state index is 5.40. The van der Waals surface area contributed by atoms with Crippen molar-refractivity contribution >= 4 is 11.6 Å². The van der Waals surface area contributed by atoms with E-state index < -0.39 is 0 Å². The monoisotopic (exact) mass is 352 g/mol. The number of aliphatic imine (C=N–C) groups is 1. The van der Waals surface area contributed by atoms with Gasteiger partial charge < -0.3 is 20.3 Å². The number of nitrogens with zero attached hydrogens (tertiary/aromatic N) is 2. The van der Waals surface area contributed by atoms with Crippen LogP contribution in [0.3, 0.4) is 0 Å². The van der Waals surface area contributed by atoms with Crippen LogP contribution in [-0.2, 0) is 6.54 Å². The number of benzene rings is 2. The standard InChI is InChI=1S/C21H28N4O/c1-16-9-10-17(13-20(16)26-3)14-23-21(22-2)24-18-11-12-25(15-18)19-7-5-4-6-8-19/h4-10,13,18H,11-12,14-15H2,1-3H3,(H2,22,23,24). The number of hydrogen-bond donors (Lipinski definition) is 2. The minimum absolute atomic E-state index is 0.397. The van der Waals surface area contributed by atoms with E-state index in [1.807, 2.05) is 7.05 Å². The molecule has 0 saturated carbocycles. The van der Waals surface area contributed by atoms with Gasteiger partial charge in [-0.1, -0.05) is 30.3 Å². The molecule has 26 heavy (non-hydrogen) atoms. The number of anilines is 1. The Morgan fingerprint density at radius 2 is 2.04 bits per heavy atom. The maximum absolute atomic E-state index is 5.40. The van der Waals surface area contributed by atoms with E-state index in [-0.39, 0.29) is 0 Å². The van der Waals surface area contributed by atoms with Gasteiger partial charge in [0, 0.05) is 38.4 Å². The van der Waals surface area contributed by atoms with Crippen LogP contribution >= 0.6 is 0 Å². The molecule has 5 heteroatoms. The fourth-order valence-electron chi connectivity index (χ4n) is 3.30. The van der Waals surface area contributed by atoms with Gasteiger partial charge in [-0.25, -0.2) is 0 Å². The number of rotatable bonds is 5. The van der Waals surface area contributed by atoms with Crippen molar-refractivity contribution in [2.45, 2.75) is 25.9 Å². The van der Waals surface area contributed by atoms with Crippen LogP contribution in [-0.4, -0.2) is 39.2 Å². The van der Waals surface area contributed by atoms with Gasteiger partial charge in [0.05, 0.1) is 7.11 Å². The van der Waals surface area contributed by atoms with Crippen LogP contribution in [0, 0.1) is 6.92 Å². The molecule has 2 aromatic rings. The molecule has 1 heterocycles. The molecule has 1 atom stereocenters. The Balaban J connectivity index is 1.52. The quantitative estimate of drug-likeness (QED) is 0.642. The molecule has 1 unspecified atom stereocenters. The van der Waals surface area contributed by atoms with Crippen molar-refractivity contribution in [3.63, 3.8) is 0 Å². The molecule has 0 aromatic heterocycles. The zero-order chi connectivity index (χ0) is 18.4. The third-order valence-corrected chi connectivity index (χ3v) is 4.81. The third kappa shape index (κ3) is 4.48. The van der Waals surface area contributed by atoms with Crippen molar-refractivity contribution in [3.8, 4) is 5.75 Å². The third-order valence-electron chi connectivity index (χ3n) is 4.81. The molecule has 0 amide bonds. The number of ether oxygens (including phenoxy) is 1. The molecule has 0 bridgehead atoms. The van der Waals surface area contributed by atoms with Gasteiger partial charge in [-0.05, 0) is 42.7 Å². The summed E-state index contributed by atoms with van der Waals surface area (Å²) < 4.78 is 5.40. The summed E-state index contributed by atoms with van der Waals surface area (Å²) in [5.74, 6) is 1.76. The lowest BCUT2D eigenvalue weighted by Gasteiger charge is -2.20. The first kappa shape index (κ1) is 18.1. The number of methoxy groups -OCH3 is 1. The minimum Gasteiger partial charge on any atom is -0.496 e. The van der Waals surface area contributed by atoms with Crippen LogP contribution in [0.4, 0.5) is 5.69 Å². The van der Waals surface area contributed by atoms with Crippen molar-refractivity contribution in [1.29, 1.82) is 0 Å². The second-order valence-electron chi connectivity index (χ2n) is 6.64. The van der Waals surface area contributed by atoms with E-state index in [9.17, 15) is 0 Å². The van der Waals surface area contributed by atoms with E-state index >= 15 is 0 Å². The fourth-order valence-corrected chi connectivity index (χ4v) is 3.30. The van der Waals surface area contributed by atoms with Crippen LogP contribution < -0.4 is 20.3 Å². The van der Waals surface area contributed by atoms with Crippen molar-refractivity contribution in [2.24, 2.45) is 4.99 Å². The average molecular weight is 352 g/mol. The molecule has 5 nitrogen and oxygen atoms in total. The first-order chi connectivity index (χ1) is 12.7. The molecule has 1 fully saturated rings. The molecule has 138 valence electrons. The van der Waals surface area contributed by atoms with Crippen LogP contribution in [0.5, 0.6) is 5.75 Å². The number of nitrogens with one attached hydrogen (secondary N) is 2. The molecule has 2 N–H and O–H groups in total. The van der Waals surface area contributed by atoms with Crippen molar-refractivity contribution in [2.75, 3.05) is 32.1 Å². The normalized spacial score (nSPS) is 17.3. The number of para-hydroxylation sites is 1. The molecule has 1 aliphatic rings. The Morgan fingerprint density at radius 1 is 1.23 bits per heavy atom. The highest BCUT2D eigenvalue weighted by Crippen LogP contribution is 2.20. The van der Waals surface area contributed by atoms with Gasteiger partial charge in [0.1, 0.15) is 5.75 Å². The van der Waals surface area contributed by atoms with E-state index in [1.165, 1.54) is 11.3 Å². The Labute approximate surface area is 156 Å². The Kier molecular flexibility index (Phi) is 6.00. The Bertz CT molecular complexity index is 745. The summed E-state index contributed by atoms with van der Waals surface area (Å²) in [7, 11) is 3.52. The Morgan fingerprint density at radius 3 is 2.77 bits per heavy atom. The molecule has 1 aliphatic heterocycles. The van der Waals surface area contributed by atoms with E-state index in [4.69, 9.17) is 4.74 Å². The summed E-state index contributed by atoms with van der Waals surface area (Å²) in [5.41, 5.74) is 3.60. The first-order valence-corrected chi connectivity index (χ1v) is 9.10. The van der Waals surface area contributed by atoms with Gasteiger partial charge in [0.25, 0.3) is 0 Å².